The van der Waals surface area contributed by atoms with Gasteiger partial charge in [0.05, 0.1) is 18.1 Å². The molecule has 0 radical (unpaired) electrons. The summed E-state index contributed by atoms with van der Waals surface area (Å²) in [5.41, 5.74) is 0.691. The molecule has 0 aromatic heterocycles. The van der Waals surface area contributed by atoms with E-state index in [-0.39, 0.29) is 12.7 Å². The van der Waals surface area contributed by atoms with Crippen LogP contribution in [0.15, 0.2) is 42.5 Å². The van der Waals surface area contributed by atoms with Gasteiger partial charge in [-0.1, -0.05) is 30.4 Å². The lowest BCUT2D eigenvalue weighted by Gasteiger charge is -2.33. The Balaban J connectivity index is 1.53. The van der Waals surface area contributed by atoms with Gasteiger partial charge in [0, 0.05) is 6.54 Å². The van der Waals surface area contributed by atoms with E-state index in [9.17, 15) is 14.7 Å². The molecule has 0 unspecified atom stereocenters. The first-order chi connectivity index (χ1) is 12.9. The third kappa shape index (κ3) is 2.06. The predicted octanol–water partition coefficient (Wildman–Crippen LogP) is 1.73. The van der Waals surface area contributed by atoms with Crippen molar-refractivity contribution in [3.05, 3.63) is 48.1 Å². The topological polar surface area (TPSA) is 85.3 Å². The smallest absolute Gasteiger partial charge is 0.310 e. The molecule has 2 fully saturated rings. The molecular weight excluding hydrogens is 350 g/mol. The second-order valence-electron chi connectivity index (χ2n) is 7.54. The van der Waals surface area contributed by atoms with Gasteiger partial charge in [-0.3, -0.25) is 9.59 Å². The van der Waals surface area contributed by atoms with Crippen molar-refractivity contribution in [3.63, 3.8) is 0 Å². The largest absolute Gasteiger partial charge is 0.481 e. The number of carbonyl (C=O) groups is 2. The van der Waals surface area contributed by atoms with Crippen molar-refractivity contribution in [1.29, 1.82) is 0 Å². The number of ether oxygens (including phenoxy) is 3. The maximum Gasteiger partial charge on any atom is 0.310 e. The number of amides is 1. The van der Waals surface area contributed by atoms with Crippen molar-refractivity contribution in [2.45, 2.75) is 31.2 Å². The number of hydrogen-bond donors (Lipinski definition) is 1. The molecule has 0 aliphatic carbocycles. The zero-order valence-corrected chi connectivity index (χ0v) is 14.8. The Kier molecular flexibility index (Phi) is 3.25. The molecule has 1 amide bonds. The van der Waals surface area contributed by atoms with Crippen LogP contribution in [0.25, 0.3) is 0 Å². The van der Waals surface area contributed by atoms with E-state index >= 15 is 0 Å². The minimum Gasteiger partial charge on any atom is -0.481 e. The number of nitrogens with zero attached hydrogens (tertiary/aromatic N) is 1. The Hall–Kier alpha value is -2.80. The second-order valence-corrected chi connectivity index (χ2v) is 7.54. The fourth-order valence-corrected chi connectivity index (χ4v) is 4.96. The lowest BCUT2D eigenvalue weighted by atomic mass is 9.74. The van der Waals surface area contributed by atoms with Crippen LogP contribution in [-0.4, -0.2) is 46.4 Å². The SMILES string of the molecule is C=C(C)[C@H]1N(Cc2ccc3c(c2)OCO3)C(=O)[C@H]2[C@H](C(=O)O)[C@@H]3C=C[C@@]21O3. The van der Waals surface area contributed by atoms with Crippen LogP contribution in [0.3, 0.4) is 0 Å². The lowest BCUT2D eigenvalue weighted by molar-refractivity contribution is -0.148. The first-order valence-electron chi connectivity index (χ1n) is 8.87. The zero-order chi connectivity index (χ0) is 18.9. The van der Waals surface area contributed by atoms with Gasteiger partial charge in [-0.15, -0.1) is 0 Å². The van der Waals surface area contributed by atoms with E-state index in [0.717, 1.165) is 11.1 Å². The molecule has 4 heterocycles. The molecule has 5 atom stereocenters. The third-order valence-corrected chi connectivity index (χ3v) is 5.92. The summed E-state index contributed by atoms with van der Waals surface area (Å²) in [5.74, 6) is -1.50. The van der Waals surface area contributed by atoms with E-state index in [1.807, 2.05) is 31.2 Å². The maximum atomic E-state index is 13.3. The number of aliphatic carboxylic acids is 1. The molecule has 1 N–H and O–H groups in total. The normalized spacial score (nSPS) is 35.0. The van der Waals surface area contributed by atoms with Crippen LogP contribution in [0.5, 0.6) is 11.5 Å². The number of carbonyl (C=O) groups excluding carboxylic acids is 1. The number of fused-ring (bicyclic) bond motifs is 2. The molecule has 5 rings (SSSR count). The Morgan fingerprint density at radius 2 is 2.15 bits per heavy atom. The molecular formula is C20H19NO6. The molecule has 1 aromatic rings. The van der Waals surface area contributed by atoms with E-state index < -0.39 is 35.6 Å². The average Bonchev–Trinajstić information content (AvgIpc) is 3.35. The zero-order valence-electron chi connectivity index (χ0n) is 14.8. The van der Waals surface area contributed by atoms with E-state index in [1.54, 1.807) is 11.0 Å². The van der Waals surface area contributed by atoms with Crippen molar-refractivity contribution < 1.29 is 28.9 Å². The number of benzene rings is 1. The van der Waals surface area contributed by atoms with Crippen LogP contribution in [0.2, 0.25) is 0 Å². The number of rotatable bonds is 4. The van der Waals surface area contributed by atoms with Gasteiger partial charge in [-0.25, -0.2) is 0 Å². The summed E-state index contributed by atoms with van der Waals surface area (Å²) in [6, 6.07) is 5.13. The molecule has 7 nitrogen and oxygen atoms in total. The maximum absolute atomic E-state index is 13.3. The minimum atomic E-state index is -1.00. The van der Waals surface area contributed by atoms with E-state index in [1.165, 1.54) is 0 Å². The lowest BCUT2D eigenvalue weighted by Crippen LogP contribution is -2.45. The summed E-state index contributed by atoms with van der Waals surface area (Å²) in [7, 11) is 0. The molecule has 4 aliphatic heterocycles. The van der Waals surface area contributed by atoms with Crippen LogP contribution in [0, 0.1) is 11.8 Å². The van der Waals surface area contributed by atoms with Gasteiger partial charge in [0.15, 0.2) is 11.5 Å². The van der Waals surface area contributed by atoms with Crippen LogP contribution >= 0.6 is 0 Å². The molecule has 140 valence electrons. The van der Waals surface area contributed by atoms with E-state index in [0.29, 0.717) is 18.0 Å². The summed E-state index contributed by atoms with van der Waals surface area (Å²) in [5, 5.41) is 9.67. The Morgan fingerprint density at radius 1 is 1.37 bits per heavy atom. The number of carboxylic acid groups (broad SMARTS) is 1. The first-order valence-corrected chi connectivity index (χ1v) is 8.87. The van der Waals surface area contributed by atoms with Crippen LogP contribution in [0.1, 0.15) is 12.5 Å². The summed E-state index contributed by atoms with van der Waals surface area (Å²) >= 11 is 0. The third-order valence-electron chi connectivity index (χ3n) is 5.92. The monoisotopic (exact) mass is 369 g/mol. The summed E-state index contributed by atoms with van der Waals surface area (Å²) in [4.78, 5) is 26.8. The number of carboxylic acids is 1. The average molecular weight is 369 g/mol. The Bertz CT molecular complexity index is 908. The molecule has 0 saturated carbocycles. The first kappa shape index (κ1) is 16.4. The molecule has 27 heavy (non-hydrogen) atoms. The van der Waals surface area contributed by atoms with Crippen molar-refractivity contribution >= 4 is 11.9 Å². The van der Waals surface area contributed by atoms with Crippen molar-refractivity contribution in [1.82, 2.24) is 4.90 Å². The van der Waals surface area contributed by atoms with Crippen molar-refractivity contribution in [2.75, 3.05) is 6.79 Å². The highest BCUT2D eigenvalue weighted by atomic mass is 16.7. The minimum absolute atomic E-state index is 0.182. The number of hydrogen-bond acceptors (Lipinski definition) is 5. The molecule has 7 heteroatoms. The van der Waals surface area contributed by atoms with E-state index in [4.69, 9.17) is 14.2 Å². The Labute approximate surface area is 155 Å². The fourth-order valence-electron chi connectivity index (χ4n) is 4.96. The van der Waals surface area contributed by atoms with Crippen molar-refractivity contribution in [2.24, 2.45) is 11.8 Å². The molecule has 1 aromatic carbocycles. The van der Waals surface area contributed by atoms with Crippen LogP contribution in [0.4, 0.5) is 0 Å². The summed E-state index contributed by atoms with van der Waals surface area (Å²) in [6.45, 7) is 6.41. The standard InChI is InChI=1S/C20H19NO6/c1-10(2)17-20-6-5-13(27-20)15(19(23)24)16(20)18(22)21(17)8-11-3-4-12-14(7-11)26-9-25-12/h3-7,13,15-17H,1,8-9H2,2H3,(H,23,24)/t13-,15+,16+,17+,20+/m0/s1. The van der Waals surface area contributed by atoms with Gasteiger partial charge in [0.25, 0.3) is 0 Å². The quantitative estimate of drug-likeness (QED) is 0.814. The predicted molar refractivity (Wildman–Crippen MR) is 93.1 cm³/mol. The van der Waals surface area contributed by atoms with Gasteiger partial charge < -0.3 is 24.2 Å². The van der Waals surface area contributed by atoms with E-state index in [2.05, 4.69) is 6.58 Å². The highest BCUT2D eigenvalue weighted by Crippen LogP contribution is 2.56. The molecule has 2 saturated heterocycles. The second kappa shape index (κ2) is 5.36. The van der Waals surface area contributed by atoms with Gasteiger partial charge >= 0.3 is 5.97 Å². The number of likely N-dealkylation sites (tertiary alicyclic amines) is 1. The highest BCUT2D eigenvalue weighted by molar-refractivity contribution is 5.92. The van der Waals surface area contributed by atoms with Gasteiger partial charge in [0.1, 0.15) is 11.5 Å². The van der Waals surface area contributed by atoms with Gasteiger partial charge in [-0.05, 0) is 24.6 Å². The molecule has 4 aliphatic rings. The summed E-state index contributed by atoms with van der Waals surface area (Å²) < 4.78 is 16.8. The molecule has 2 bridgehead atoms. The Morgan fingerprint density at radius 3 is 2.89 bits per heavy atom. The van der Waals surface area contributed by atoms with Gasteiger partial charge in [0.2, 0.25) is 12.7 Å². The molecule has 1 spiro atoms. The van der Waals surface area contributed by atoms with Crippen molar-refractivity contribution in [3.8, 4) is 11.5 Å². The van der Waals surface area contributed by atoms with Gasteiger partial charge in [-0.2, -0.15) is 0 Å². The highest BCUT2D eigenvalue weighted by Gasteiger charge is 2.71. The fraction of sp³-hybridized carbons (Fsp3) is 0.400. The summed E-state index contributed by atoms with van der Waals surface area (Å²) in [6.07, 6.45) is 3.06. The van der Waals surface area contributed by atoms with Crippen LogP contribution in [-0.2, 0) is 20.9 Å². The van der Waals surface area contributed by atoms with Crippen LogP contribution < -0.4 is 9.47 Å².